The molecular weight excluding hydrogens is 380 g/mol. The molecule has 0 heterocycles. The van der Waals surface area contributed by atoms with E-state index in [1.54, 1.807) is 0 Å². The molecule has 0 unspecified atom stereocenters. The smallest absolute Gasteiger partial charge is 0.184 e. The maximum absolute atomic E-state index is 5.83. The molecule has 2 nitrogen and oxygen atoms in total. The zero-order chi connectivity index (χ0) is 13.7. The normalized spacial score (nSPS) is 14.8. The number of rotatable bonds is 7. The molecule has 0 aromatic heterocycles. The quantitative estimate of drug-likeness (QED) is 0.551. The van der Waals surface area contributed by atoms with Gasteiger partial charge in [-0.2, -0.15) is 0 Å². The summed E-state index contributed by atoms with van der Waals surface area (Å²) in [6.07, 6.45) is 0.903. The first-order valence-electron chi connectivity index (χ1n) is 5.82. The van der Waals surface area contributed by atoms with Crippen LogP contribution in [0.25, 0.3) is 0 Å². The van der Waals surface area contributed by atoms with Gasteiger partial charge >= 0.3 is 0 Å². The van der Waals surface area contributed by atoms with Crippen molar-refractivity contribution in [1.82, 2.24) is 0 Å². The van der Waals surface area contributed by atoms with Crippen LogP contribution >= 0.6 is 31.9 Å². The van der Waals surface area contributed by atoms with Gasteiger partial charge in [0.25, 0.3) is 0 Å². The molecule has 0 atom stereocenters. The van der Waals surface area contributed by atoms with E-state index in [1.165, 1.54) is 0 Å². The summed E-state index contributed by atoms with van der Waals surface area (Å²) in [6, 6.07) is 0. The summed E-state index contributed by atoms with van der Waals surface area (Å²) in [4.78, 5) is 0. The second-order valence-corrected chi connectivity index (χ2v) is 16.9. The highest BCUT2D eigenvalue weighted by molar-refractivity contribution is 9.14. The van der Waals surface area contributed by atoms with Gasteiger partial charge in [0, 0.05) is 22.0 Å². The van der Waals surface area contributed by atoms with Crippen LogP contribution in [0, 0.1) is 0 Å². The van der Waals surface area contributed by atoms with Gasteiger partial charge in [0.05, 0.1) is 6.61 Å². The predicted molar refractivity (Wildman–Crippen MR) is 88.1 cm³/mol. The first kappa shape index (κ1) is 18.1. The Labute approximate surface area is 125 Å². The Balaban J connectivity index is 4.05. The Morgan fingerprint density at radius 1 is 0.824 bits per heavy atom. The van der Waals surface area contributed by atoms with Gasteiger partial charge in [0.15, 0.2) is 16.6 Å². The first-order chi connectivity index (χ1) is 7.51. The first-order valence-corrected chi connectivity index (χ1v) is 14.2. The van der Waals surface area contributed by atoms with Crippen LogP contribution in [0.1, 0.15) is 6.42 Å². The third kappa shape index (κ3) is 11.9. The summed E-state index contributed by atoms with van der Waals surface area (Å²) < 4.78 is 13.9. The molecule has 0 aliphatic carbocycles. The predicted octanol–water partition coefficient (Wildman–Crippen LogP) is 5.08. The molecule has 0 aromatic carbocycles. The van der Waals surface area contributed by atoms with Crippen LogP contribution < -0.4 is 0 Å². The van der Waals surface area contributed by atoms with Crippen molar-refractivity contribution in [3.63, 3.8) is 0 Å². The number of halogens is 2. The molecule has 0 aromatic rings. The van der Waals surface area contributed by atoms with Crippen LogP contribution in [0.3, 0.4) is 0 Å². The van der Waals surface area contributed by atoms with E-state index in [0.717, 1.165) is 22.0 Å². The lowest BCUT2D eigenvalue weighted by Gasteiger charge is -2.19. The SMILES string of the molecule is C[Si](C)(C)OCCC(Br)=C(Br)CO[Si](C)(C)C. The molecule has 0 fully saturated rings. The molecule has 0 radical (unpaired) electrons. The van der Waals surface area contributed by atoms with E-state index < -0.39 is 16.6 Å². The van der Waals surface area contributed by atoms with Gasteiger partial charge in [-0.1, -0.05) is 31.9 Å². The summed E-state index contributed by atoms with van der Waals surface area (Å²) in [5.41, 5.74) is 0. The molecule has 0 rings (SSSR count). The third-order valence-electron chi connectivity index (χ3n) is 1.78. The zero-order valence-electron chi connectivity index (χ0n) is 11.7. The molecule has 0 amide bonds. The lowest BCUT2D eigenvalue weighted by molar-refractivity contribution is 0.316. The fraction of sp³-hybridized carbons (Fsp3) is 0.818. The molecule has 17 heavy (non-hydrogen) atoms. The fourth-order valence-corrected chi connectivity index (χ4v) is 3.03. The monoisotopic (exact) mass is 402 g/mol. The standard InChI is InChI=1S/C11H24Br2O2Si2/c1-16(2,3)14-8-7-10(12)11(13)9-15-17(4,5)6/h7-9H2,1-6H3. The highest BCUT2D eigenvalue weighted by Gasteiger charge is 2.16. The molecule has 6 heteroatoms. The van der Waals surface area contributed by atoms with Crippen molar-refractivity contribution in [2.75, 3.05) is 13.2 Å². The lowest BCUT2D eigenvalue weighted by atomic mass is 10.4. The Kier molecular flexibility index (Phi) is 8.07. The number of hydrogen-bond acceptors (Lipinski definition) is 2. The van der Waals surface area contributed by atoms with Gasteiger partial charge in [0.1, 0.15) is 0 Å². The van der Waals surface area contributed by atoms with Crippen LogP contribution in [-0.4, -0.2) is 29.8 Å². The van der Waals surface area contributed by atoms with Gasteiger partial charge in [-0.25, -0.2) is 0 Å². The lowest BCUT2D eigenvalue weighted by Crippen LogP contribution is -2.26. The molecule has 0 saturated carbocycles. The minimum absolute atomic E-state index is 0.656. The maximum Gasteiger partial charge on any atom is 0.184 e. The van der Waals surface area contributed by atoms with Crippen molar-refractivity contribution in [3.8, 4) is 0 Å². The van der Waals surface area contributed by atoms with Gasteiger partial charge in [-0.15, -0.1) is 0 Å². The Hall–Kier alpha value is 1.05. The second kappa shape index (κ2) is 7.60. The van der Waals surface area contributed by atoms with E-state index >= 15 is 0 Å². The largest absolute Gasteiger partial charge is 0.417 e. The van der Waals surface area contributed by atoms with Crippen molar-refractivity contribution in [2.24, 2.45) is 0 Å². The van der Waals surface area contributed by atoms with E-state index in [-0.39, 0.29) is 0 Å². The highest BCUT2D eigenvalue weighted by Crippen LogP contribution is 2.23. The highest BCUT2D eigenvalue weighted by atomic mass is 79.9. The maximum atomic E-state index is 5.83. The van der Waals surface area contributed by atoms with E-state index in [4.69, 9.17) is 8.85 Å². The van der Waals surface area contributed by atoms with Crippen molar-refractivity contribution < 1.29 is 8.85 Å². The zero-order valence-corrected chi connectivity index (χ0v) is 16.9. The fourth-order valence-electron chi connectivity index (χ4n) is 0.941. The molecule has 0 spiro atoms. The van der Waals surface area contributed by atoms with Crippen LogP contribution in [-0.2, 0) is 8.85 Å². The summed E-state index contributed by atoms with van der Waals surface area (Å²) >= 11 is 7.14. The Bertz CT molecular complexity index is 268. The van der Waals surface area contributed by atoms with Crippen LogP contribution in [0.2, 0.25) is 39.3 Å². The minimum atomic E-state index is -1.44. The summed E-state index contributed by atoms with van der Waals surface area (Å²) in [7, 11) is -2.83. The number of hydrogen-bond donors (Lipinski definition) is 0. The van der Waals surface area contributed by atoms with Gasteiger partial charge < -0.3 is 8.85 Å². The molecule has 102 valence electrons. The molecule has 0 aliphatic heterocycles. The van der Waals surface area contributed by atoms with Crippen molar-refractivity contribution in [3.05, 3.63) is 8.96 Å². The summed E-state index contributed by atoms with van der Waals surface area (Å²) in [6.45, 7) is 14.6. The molecule has 0 N–H and O–H groups in total. The summed E-state index contributed by atoms with van der Waals surface area (Å²) in [5.74, 6) is 0. The minimum Gasteiger partial charge on any atom is -0.417 e. The van der Waals surface area contributed by atoms with Gasteiger partial charge in [0.2, 0.25) is 0 Å². The van der Waals surface area contributed by atoms with E-state index in [1.807, 2.05) is 0 Å². The van der Waals surface area contributed by atoms with E-state index in [0.29, 0.717) is 6.61 Å². The van der Waals surface area contributed by atoms with Crippen molar-refractivity contribution in [1.29, 1.82) is 0 Å². The molecule has 0 saturated heterocycles. The molecule has 0 bridgehead atoms. The van der Waals surface area contributed by atoms with Crippen LogP contribution in [0.15, 0.2) is 8.96 Å². The van der Waals surface area contributed by atoms with Crippen LogP contribution in [0.5, 0.6) is 0 Å². The van der Waals surface area contributed by atoms with E-state index in [9.17, 15) is 0 Å². The second-order valence-electron chi connectivity index (χ2n) is 5.92. The van der Waals surface area contributed by atoms with Gasteiger partial charge in [-0.3, -0.25) is 0 Å². The average molecular weight is 404 g/mol. The van der Waals surface area contributed by atoms with E-state index in [2.05, 4.69) is 71.1 Å². The molecule has 0 aliphatic rings. The molecular formula is C11H24Br2O2Si2. The third-order valence-corrected chi connectivity index (χ3v) is 5.98. The Morgan fingerprint density at radius 2 is 1.29 bits per heavy atom. The summed E-state index contributed by atoms with van der Waals surface area (Å²) in [5, 5.41) is 0. The Morgan fingerprint density at radius 3 is 1.71 bits per heavy atom. The van der Waals surface area contributed by atoms with Crippen molar-refractivity contribution in [2.45, 2.75) is 45.7 Å². The average Bonchev–Trinajstić information content (AvgIpc) is 2.10. The van der Waals surface area contributed by atoms with Crippen LogP contribution in [0.4, 0.5) is 0 Å². The topological polar surface area (TPSA) is 18.5 Å². The van der Waals surface area contributed by atoms with Crippen molar-refractivity contribution >= 4 is 48.5 Å². The van der Waals surface area contributed by atoms with Gasteiger partial charge in [-0.05, 0) is 39.3 Å².